The molecular formula is C27H29NO3. The lowest BCUT2D eigenvalue weighted by atomic mass is 9.86. The van der Waals surface area contributed by atoms with Crippen molar-refractivity contribution in [2.75, 3.05) is 19.7 Å². The Balaban J connectivity index is 1.43. The molecule has 1 fully saturated rings. The number of aliphatic hydroxyl groups is 1. The maximum atomic E-state index is 13.2. The molecule has 0 amide bonds. The number of carbonyl (C=O) groups excluding carboxylic acids is 1. The van der Waals surface area contributed by atoms with Crippen molar-refractivity contribution in [1.29, 1.82) is 0 Å². The van der Waals surface area contributed by atoms with Crippen LogP contribution in [0, 0.1) is 5.92 Å². The molecule has 1 saturated heterocycles. The summed E-state index contributed by atoms with van der Waals surface area (Å²) in [6, 6.07) is 28.8. The first-order chi connectivity index (χ1) is 15.1. The van der Waals surface area contributed by atoms with Crippen molar-refractivity contribution >= 4 is 5.97 Å². The van der Waals surface area contributed by atoms with Gasteiger partial charge in [-0.1, -0.05) is 91.0 Å². The van der Waals surface area contributed by atoms with Gasteiger partial charge in [0.05, 0.1) is 6.61 Å². The molecule has 1 unspecified atom stereocenters. The summed E-state index contributed by atoms with van der Waals surface area (Å²) in [5, 5.41) is 11.5. The molecule has 0 radical (unpaired) electrons. The summed E-state index contributed by atoms with van der Waals surface area (Å²) in [5.74, 6) is -0.370. The van der Waals surface area contributed by atoms with E-state index in [9.17, 15) is 9.90 Å². The average molecular weight is 416 g/mol. The molecule has 4 rings (SSSR count). The SMILES string of the molecule is C[C@H](c1ccccc1)N1CCC(COC(=O)C(O)(c2ccccc2)c2ccccc2)C1. The van der Waals surface area contributed by atoms with Gasteiger partial charge in [-0.15, -0.1) is 0 Å². The molecule has 2 atom stereocenters. The van der Waals surface area contributed by atoms with E-state index in [4.69, 9.17) is 4.74 Å². The third-order valence-corrected chi connectivity index (χ3v) is 6.28. The normalized spacial score (nSPS) is 17.9. The van der Waals surface area contributed by atoms with Gasteiger partial charge in [-0.05, 0) is 36.6 Å². The van der Waals surface area contributed by atoms with Gasteiger partial charge in [0.15, 0.2) is 0 Å². The topological polar surface area (TPSA) is 49.8 Å². The average Bonchev–Trinajstić information content (AvgIpc) is 3.32. The Hall–Kier alpha value is -2.95. The number of ether oxygens (including phenoxy) is 1. The number of carbonyl (C=O) groups is 1. The second kappa shape index (κ2) is 9.46. The first kappa shape index (κ1) is 21.3. The van der Waals surface area contributed by atoms with Crippen molar-refractivity contribution < 1.29 is 14.6 Å². The monoisotopic (exact) mass is 415 g/mol. The van der Waals surface area contributed by atoms with Gasteiger partial charge in [0.2, 0.25) is 5.60 Å². The third-order valence-electron chi connectivity index (χ3n) is 6.28. The van der Waals surface area contributed by atoms with E-state index >= 15 is 0 Å². The molecule has 160 valence electrons. The van der Waals surface area contributed by atoms with Crippen molar-refractivity contribution in [3.8, 4) is 0 Å². The van der Waals surface area contributed by atoms with E-state index in [1.165, 1.54) is 5.56 Å². The van der Waals surface area contributed by atoms with E-state index in [1.807, 2.05) is 42.5 Å². The molecule has 0 spiro atoms. The number of hydrogen-bond acceptors (Lipinski definition) is 4. The fourth-order valence-electron chi connectivity index (χ4n) is 4.35. The van der Waals surface area contributed by atoms with Crippen molar-refractivity contribution in [3.05, 3.63) is 108 Å². The van der Waals surface area contributed by atoms with E-state index in [1.54, 1.807) is 24.3 Å². The molecule has 31 heavy (non-hydrogen) atoms. The highest BCUT2D eigenvalue weighted by molar-refractivity contribution is 5.85. The largest absolute Gasteiger partial charge is 0.463 e. The number of likely N-dealkylation sites (tertiary alicyclic amines) is 1. The Morgan fingerprint density at radius 2 is 1.48 bits per heavy atom. The Morgan fingerprint density at radius 1 is 0.968 bits per heavy atom. The quantitative estimate of drug-likeness (QED) is 0.575. The first-order valence-corrected chi connectivity index (χ1v) is 10.9. The molecule has 1 N–H and O–H groups in total. The lowest BCUT2D eigenvalue weighted by Crippen LogP contribution is -2.39. The predicted molar refractivity (Wildman–Crippen MR) is 121 cm³/mol. The Labute approximate surface area is 184 Å². The molecule has 1 heterocycles. The molecule has 0 saturated carbocycles. The molecule has 1 aliphatic heterocycles. The zero-order valence-corrected chi connectivity index (χ0v) is 17.9. The van der Waals surface area contributed by atoms with Gasteiger partial charge < -0.3 is 9.84 Å². The summed E-state index contributed by atoms with van der Waals surface area (Å²) in [5.41, 5.74) is 0.495. The van der Waals surface area contributed by atoms with Crippen LogP contribution in [0.1, 0.15) is 36.1 Å². The Bertz CT molecular complexity index is 936. The van der Waals surface area contributed by atoms with Gasteiger partial charge in [0, 0.05) is 18.5 Å². The number of benzene rings is 3. The highest BCUT2D eigenvalue weighted by atomic mass is 16.5. The van der Waals surface area contributed by atoms with Gasteiger partial charge in [-0.2, -0.15) is 0 Å². The fraction of sp³-hybridized carbons (Fsp3) is 0.296. The fourth-order valence-corrected chi connectivity index (χ4v) is 4.35. The number of rotatable bonds is 7. The minimum Gasteiger partial charge on any atom is -0.463 e. The highest BCUT2D eigenvalue weighted by Gasteiger charge is 2.42. The van der Waals surface area contributed by atoms with Crippen LogP contribution in [0.2, 0.25) is 0 Å². The molecule has 0 aromatic heterocycles. The smallest absolute Gasteiger partial charge is 0.347 e. The van der Waals surface area contributed by atoms with Gasteiger partial charge >= 0.3 is 5.97 Å². The van der Waals surface area contributed by atoms with E-state index < -0.39 is 11.6 Å². The van der Waals surface area contributed by atoms with Crippen molar-refractivity contribution in [1.82, 2.24) is 4.90 Å². The maximum Gasteiger partial charge on any atom is 0.347 e. The van der Waals surface area contributed by atoms with E-state index in [-0.39, 0.29) is 5.92 Å². The van der Waals surface area contributed by atoms with Crippen LogP contribution in [0.3, 0.4) is 0 Å². The van der Waals surface area contributed by atoms with Crippen LogP contribution < -0.4 is 0 Å². The van der Waals surface area contributed by atoms with E-state index in [2.05, 4.69) is 36.1 Å². The lowest BCUT2D eigenvalue weighted by molar-refractivity contribution is -0.163. The van der Waals surface area contributed by atoms with Gasteiger partial charge in [0.1, 0.15) is 0 Å². The van der Waals surface area contributed by atoms with Crippen LogP contribution in [0.4, 0.5) is 0 Å². The molecular weight excluding hydrogens is 386 g/mol. The zero-order chi connectivity index (χ0) is 21.7. The van der Waals surface area contributed by atoms with Gasteiger partial charge in [-0.25, -0.2) is 4.79 Å². The summed E-state index contributed by atoms with van der Waals surface area (Å²) in [6.07, 6.45) is 0.972. The molecule has 0 aliphatic carbocycles. The molecule has 3 aromatic carbocycles. The third kappa shape index (κ3) is 4.55. The second-order valence-corrected chi connectivity index (χ2v) is 8.28. The predicted octanol–water partition coefficient (Wildman–Crippen LogP) is 4.55. The van der Waals surface area contributed by atoms with E-state index in [0.717, 1.165) is 19.5 Å². The Morgan fingerprint density at radius 3 is 2.03 bits per heavy atom. The molecule has 0 bridgehead atoms. The zero-order valence-electron chi connectivity index (χ0n) is 17.9. The van der Waals surface area contributed by atoms with Crippen LogP contribution in [0.15, 0.2) is 91.0 Å². The first-order valence-electron chi connectivity index (χ1n) is 10.9. The molecule has 3 aromatic rings. The van der Waals surface area contributed by atoms with Crippen LogP contribution >= 0.6 is 0 Å². The van der Waals surface area contributed by atoms with Crippen LogP contribution in [0.25, 0.3) is 0 Å². The molecule has 4 nitrogen and oxygen atoms in total. The molecule has 1 aliphatic rings. The summed E-state index contributed by atoms with van der Waals surface area (Å²) in [7, 11) is 0. The van der Waals surface area contributed by atoms with Gasteiger partial charge in [-0.3, -0.25) is 4.90 Å². The van der Waals surface area contributed by atoms with Crippen LogP contribution in [0.5, 0.6) is 0 Å². The van der Waals surface area contributed by atoms with Crippen LogP contribution in [-0.2, 0) is 15.1 Å². The van der Waals surface area contributed by atoms with Crippen molar-refractivity contribution in [3.63, 3.8) is 0 Å². The minimum atomic E-state index is -1.82. The number of nitrogens with zero attached hydrogens (tertiary/aromatic N) is 1. The minimum absolute atomic E-state index is 0.255. The summed E-state index contributed by atoms with van der Waals surface area (Å²) in [6.45, 7) is 4.37. The standard InChI is InChI=1S/C27H29NO3/c1-21(23-11-5-2-6-12-23)28-18-17-22(19-28)20-31-26(29)27(30,24-13-7-3-8-14-24)25-15-9-4-10-16-25/h2-16,21-22,30H,17-20H2,1H3/t21-,22?/m1/s1. The number of esters is 1. The summed E-state index contributed by atoms with van der Waals surface area (Å²) >= 11 is 0. The van der Waals surface area contributed by atoms with Crippen molar-refractivity contribution in [2.24, 2.45) is 5.92 Å². The number of hydrogen-bond donors (Lipinski definition) is 1. The summed E-state index contributed by atoms with van der Waals surface area (Å²) in [4.78, 5) is 15.6. The second-order valence-electron chi connectivity index (χ2n) is 8.28. The summed E-state index contributed by atoms with van der Waals surface area (Å²) < 4.78 is 5.72. The van der Waals surface area contributed by atoms with Crippen molar-refractivity contribution in [2.45, 2.75) is 25.0 Å². The van der Waals surface area contributed by atoms with Gasteiger partial charge in [0.25, 0.3) is 0 Å². The molecule has 4 heteroatoms. The van der Waals surface area contributed by atoms with Crippen LogP contribution in [-0.4, -0.2) is 35.7 Å². The Kier molecular flexibility index (Phi) is 6.50. The maximum absolute atomic E-state index is 13.2. The lowest BCUT2D eigenvalue weighted by Gasteiger charge is -2.28. The van der Waals surface area contributed by atoms with E-state index in [0.29, 0.717) is 23.8 Å². The highest BCUT2D eigenvalue weighted by Crippen LogP contribution is 2.32.